The molecule has 1 unspecified atom stereocenters. The van der Waals surface area contributed by atoms with Crippen LogP contribution in [0.3, 0.4) is 0 Å². The molecule has 0 aromatic heterocycles. The maximum absolute atomic E-state index is 13.6. The topological polar surface area (TPSA) is 59.0 Å². The smallest absolute Gasteiger partial charge is 0.311 e. The van der Waals surface area contributed by atoms with Crippen molar-refractivity contribution in [2.75, 3.05) is 19.7 Å². The standard InChI is InChI=1S/C25H28Cl2N2O3/c1-2-32-23(31)12-13-28-24(19-8-4-3-5-9-19)25(29-14-6-7-15-29)22(30)17-18-10-11-20(26)21(27)16-18/h3-5,8-11,13,16,24-25H,2,6-7,12,14-15,17H2,1H3/t24-,25?/m0/s1. The quantitative estimate of drug-likeness (QED) is 0.344. The first-order valence-corrected chi connectivity index (χ1v) is 11.7. The average Bonchev–Trinajstić information content (AvgIpc) is 3.30. The number of hydrogen-bond acceptors (Lipinski definition) is 5. The molecule has 1 aliphatic rings. The first-order chi connectivity index (χ1) is 15.5. The zero-order valence-corrected chi connectivity index (χ0v) is 19.7. The molecule has 32 heavy (non-hydrogen) atoms. The Morgan fingerprint density at radius 3 is 2.47 bits per heavy atom. The van der Waals surface area contributed by atoms with Crippen molar-refractivity contribution in [3.63, 3.8) is 0 Å². The van der Waals surface area contributed by atoms with E-state index in [1.807, 2.05) is 36.4 Å². The monoisotopic (exact) mass is 474 g/mol. The van der Waals surface area contributed by atoms with Gasteiger partial charge in [-0.15, -0.1) is 0 Å². The van der Waals surface area contributed by atoms with Crippen LogP contribution in [0.5, 0.6) is 0 Å². The minimum atomic E-state index is -0.437. The Labute approximate surface area is 199 Å². The highest BCUT2D eigenvalue weighted by atomic mass is 35.5. The van der Waals surface area contributed by atoms with Crippen LogP contribution >= 0.6 is 23.2 Å². The number of nitrogens with zero attached hydrogens (tertiary/aromatic N) is 2. The lowest BCUT2D eigenvalue weighted by molar-refractivity contribution is -0.141. The Morgan fingerprint density at radius 1 is 1.09 bits per heavy atom. The minimum Gasteiger partial charge on any atom is -0.466 e. The van der Waals surface area contributed by atoms with E-state index >= 15 is 0 Å². The normalized spacial score (nSPS) is 16.2. The molecule has 3 rings (SSSR count). The fraction of sp³-hybridized carbons (Fsp3) is 0.400. The summed E-state index contributed by atoms with van der Waals surface area (Å²) in [5.74, 6) is -0.268. The Hall–Kier alpha value is -2.21. The number of aliphatic imine (C=N–C) groups is 1. The number of Topliss-reactive ketones (excluding diaryl/α,β-unsaturated/α-hetero) is 1. The maximum atomic E-state index is 13.6. The molecule has 2 aromatic rings. The van der Waals surface area contributed by atoms with E-state index in [1.54, 1.807) is 25.3 Å². The summed E-state index contributed by atoms with van der Waals surface area (Å²) in [6.07, 6.45) is 3.97. The van der Waals surface area contributed by atoms with E-state index in [4.69, 9.17) is 32.9 Å². The SMILES string of the molecule is CCOC(=O)CC=N[C@@H](c1ccccc1)C(C(=O)Cc1ccc(Cl)c(Cl)c1)N1CCCC1. The molecule has 0 saturated carbocycles. The van der Waals surface area contributed by atoms with Gasteiger partial charge in [-0.3, -0.25) is 19.5 Å². The van der Waals surface area contributed by atoms with E-state index in [0.717, 1.165) is 37.1 Å². The van der Waals surface area contributed by atoms with Crippen molar-refractivity contribution in [3.8, 4) is 0 Å². The second kappa shape index (κ2) is 12.1. The third-order valence-electron chi connectivity index (χ3n) is 5.50. The molecule has 2 aromatic carbocycles. The Kier molecular flexibility index (Phi) is 9.27. The number of hydrogen-bond donors (Lipinski definition) is 0. The van der Waals surface area contributed by atoms with Gasteiger partial charge in [0.25, 0.3) is 0 Å². The summed E-state index contributed by atoms with van der Waals surface area (Å²) in [5, 5.41) is 0.895. The van der Waals surface area contributed by atoms with Crippen LogP contribution in [0.25, 0.3) is 0 Å². The lowest BCUT2D eigenvalue weighted by Crippen LogP contribution is -2.44. The summed E-state index contributed by atoms with van der Waals surface area (Å²) in [7, 11) is 0. The van der Waals surface area contributed by atoms with Crippen molar-refractivity contribution >= 4 is 41.2 Å². The minimum absolute atomic E-state index is 0.0624. The van der Waals surface area contributed by atoms with Crippen molar-refractivity contribution in [1.82, 2.24) is 4.90 Å². The highest BCUT2D eigenvalue weighted by Gasteiger charge is 2.35. The fourth-order valence-electron chi connectivity index (χ4n) is 4.02. The third-order valence-corrected chi connectivity index (χ3v) is 6.23. The molecule has 5 nitrogen and oxygen atoms in total. The number of ether oxygens (including phenoxy) is 1. The Balaban J connectivity index is 1.90. The summed E-state index contributed by atoms with van der Waals surface area (Å²) in [6.45, 7) is 3.78. The van der Waals surface area contributed by atoms with Crippen LogP contribution in [0.2, 0.25) is 10.0 Å². The molecular weight excluding hydrogens is 447 g/mol. The summed E-state index contributed by atoms with van der Waals surface area (Å²) in [6, 6.07) is 14.2. The van der Waals surface area contributed by atoms with E-state index in [0.29, 0.717) is 16.7 Å². The van der Waals surface area contributed by atoms with Crippen LogP contribution < -0.4 is 0 Å². The molecule has 170 valence electrons. The highest BCUT2D eigenvalue weighted by molar-refractivity contribution is 6.42. The number of carbonyl (C=O) groups excluding carboxylic acids is 2. The van der Waals surface area contributed by atoms with Gasteiger partial charge < -0.3 is 4.74 Å². The van der Waals surface area contributed by atoms with Crippen molar-refractivity contribution in [2.24, 2.45) is 4.99 Å². The van der Waals surface area contributed by atoms with E-state index < -0.39 is 12.1 Å². The van der Waals surface area contributed by atoms with Crippen LogP contribution in [-0.2, 0) is 20.7 Å². The number of esters is 1. The van der Waals surface area contributed by atoms with E-state index in [1.165, 1.54) is 0 Å². The summed E-state index contributed by atoms with van der Waals surface area (Å²) >= 11 is 12.2. The maximum Gasteiger partial charge on any atom is 0.311 e. The molecule has 0 radical (unpaired) electrons. The first-order valence-electron chi connectivity index (χ1n) is 10.9. The predicted molar refractivity (Wildman–Crippen MR) is 129 cm³/mol. The Bertz CT molecular complexity index is 943. The lowest BCUT2D eigenvalue weighted by Gasteiger charge is -2.31. The van der Waals surface area contributed by atoms with Crippen molar-refractivity contribution in [1.29, 1.82) is 0 Å². The molecule has 1 aliphatic heterocycles. The van der Waals surface area contributed by atoms with Crippen LogP contribution in [0.15, 0.2) is 53.5 Å². The number of rotatable bonds is 10. The fourth-order valence-corrected chi connectivity index (χ4v) is 4.34. The van der Waals surface area contributed by atoms with Gasteiger partial charge in [0.1, 0.15) is 0 Å². The molecule has 0 aliphatic carbocycles. The van der Waals surface area contributed by atoms with Crippen molar-refractivity contribution in [3.05, 3.63) is 69.7 Å². The van der Waals surface area contributed by atoms with Crippen molar-refractivity contribution < 1.29 is 14.3 Å². The van der Waals surface area contributed by atoms with E-state index in [-0.39, 0.29) is 24.6 Å². The van der Waals surface area contributed by atoms with Gasteiger partial charge in [0.15, 0.2) is 5.78 Å². The van der Waals surface area contributed by atoms with Gasteiger partial charge in [-0.1, -0.05) is 59.6 Å². The number of halogens is 2. The van der Waals surface area contributed by atoms with Crippen LogP contribution in [0.1, 0.15) is 43.4 Å². The van der Waals surface area contributed by atoms with Crippen LogP contribution in [0.4, 0.5) is 0 Å². The van der Waals surface area contributed by atoms with Gasteiger partial charge >= 0.3 is 5.97 Å². The van der Waals surface area contributed by atoms with E-state index in [2.05, 4.69) is 4.90 Å². The zero-order chi connectivity index (χ0) is 22.9. The molecule has 0 spiro atoms. The molecule has 1 saturated heterocycles. The van der Waals surface area contributed by atoms with Crippen molar-refractivity contribution in [2.45, 2.75) is 44.7 Å². The predicted octanol–water partition coefficient (Wildman–Crippen LogP) is 5.33. The second-order valence-electron chi connectivity index (χ2n) is 7.78. The zero-order valence-electron chi connectivity index (χ0n) is 18.2. The lowest BCUT2D eigenvalue weighted by atomic mass is 9.92. The Morgan fingerprint density at radius 2 is 1.81 bits per heavy atom. The number of likely N-dealkylation sites (tertiary alicyclic amines) is 1. The highest BCUT2D eigenvalue weighted by Crippen LogP contribution is 2.30. The average molecular weight is 475 g/mol. The largest absolute Gasteiger partial charge is 0.466 e. The summed E-state index contributed by atoms with van der Waals surface area (Å²) < 4.78 is 5.01. The van der Waals surface area contributed by atoms with Gasteiger partial charge in [0.2, 0.25) is 0 Å². The number of ketones is 1. The molecule has 2 atom stereocenters. The second-order valence-corrected chi connectivity index (χ2v) is 8.59. The molecule has 0 bridgehead atoms. The third kappa shape index (κ3) is 6.64. The van der Waals surface area contributed by atoms with Gasteiger partial charge in [-0.05, 0) is 56.1 Å². The van der Waals surface area contributed by atoms with Gasteiger partial charge in [-0.2, -0.15) is 0 Å². The molecular formula is C25H28Cl2N2O3. The molecule has 0 amide bonds. The number of carbonyl (C=O) groups is 2. The van der Waals surface area contributed by atoms with Gasteiger partial charge in [0, 0.05) is 12.6 Å². The number of benzene rings is 2. The molecule has 1 fully saturated rings. The van der Waals surface area contributed by atoms with Gasteiger partial charge in [0.05, 0.1) is 35.2 Å². The van der Waals surface area contributed by atoms with E-state index in [9.17, 15) is 9.59 Å². The van der Waals surface area contributed by atoms with Crippen LogP contribution in [0, 0.1) is 0 Å². The molecule has 0 N–H and O–H groups in total. The van der Waals surface area contributed by atoms with Gasteiger partial charge in [-0.25, -0.2) is 0 Å². The van der Waals surface area contributed by atoms with Crippen LogP contribution in [-0.4, -0.2) is 48.6 Å². The molecule has 7 heteroatoms. The summed E-state index contributed by atoms with van der Waals surface area (Å²) in [4.78, 5) is 32.4. The first kappa shape index (κ1) is 24.4. The summed E-state index contributed by atoms with van der Waals surface area (Å²) in [5.41, 5.74) is 1.75. The molecule has 1 heterocycles.